The summed E-state index contributed by atoms with van der Waals surface area (Å²) in [5, 5.41) is 31.0. The van der Waals surface area contributed by atoms with Crippen molar-refractivity contribution >= 4 is 0 Å². The maximum Gasteiger partial charge on any atom is 0.115 e. The van der Waals surface area contributed by atoms with Crippen LogP contribution in [0.4, 0.5) is 0 Å². The zero-order valence-electron chi connectivity index (χ0n) is 15.8. The SMILES string of the molecule is [3H]c1cc([3H])cc(C2(O)CCN(C(C)C(O)c3ccc(O)cc3)CC2)c1. The summed E-state index contributed by atoms with van der Waals surface area (Å²) < 4.78 is 15.5. The van der Waals surface area contributed by atoms with E-state index in [1.165, 1.54) is 6.07 Å². The van der Waals surface area contributed by atoms with Gasteiger partial charge in [-0.15, -0.1) is 0 Å². The first-order valence-electron chi connectivity index (χ1n) is 9.31. The number of likely N-dealkylation sites (tertiary alicyclic amines) is 1. The lowest BCUT2D eigenvalue weighted by Crippen LogP contribution is -2.47. The van der Waals surface area contributed by atoms with E-state index in [-0.39, 0.29) is 23.9 Å². The van der Waals surface area contributed by atoms with E-state index in [0.29, 0.717) is 31.5 Å². The first kappa shape index (κ1) is 14.5. The number of aliphatic hydroxyl groups is 2. The number of aromatic hydroxyl groups is 1. The first-order valence-corrected chi connectivity index (χ1v) is 8.31. The van der Waals surface area contributed by atoms with Crippen LogP contribution in [-0.2, 0) is 5.60 Å². The van der Waals surface area contributed by atoms with Gasteiger partial charge in [-0.05, 0) is 43.0 Å². The first-order chi connectivity index (χ1) is 12.3. The van der Waals surface area contributed by atoms with Gasteiger partial charge in [0.2, 0.25) is 0 Å². The normalized spacial score (nSPS) is 21.6. The molecule has 0 bridgehead atoms. The molecule has 1 aliphatic heterocycles. The number of rotatable bonds is 4. The molecule has 2 unspecified atom stereocenters. The Balaban J connectivity index is 1.68. The van der Waals surface area contributed by atoms with Gasteiger partial charge in [0, 0.05) is 19.1 Å². The van der Waals surface area contributed by atoms with E-state index in [1.807, 2.05) is 6.92 Å². The molecule has 3 rings (SSSR count). The number of nitrogens with zero attached hydrogens (tertiary/aromatic N) is 1. The zero-order valence-corrected chi connectivity index (χ0v) is 13.8. The van der Waals surface area contributed by atoms with Gasteiger partial charge in [-0.25, -0.2) is 0 Å². The molecular weight excluding hydrogens is 302 g/mol. The second-order valence-electron chi connectivity index (χ2n) is 6.57. The van der Waals surface area contributed by atoms with Gasteiger partial charge in [0.1, 0.15) is 5.75 Å². The minimum atomic E-state index is -1.04. The maximum absolute atomic E-state index is 11.0. The van der Waals surface area contributed by atoms with E-state index in [9.17, 15) is 15.3 Å². The van der Waals surface area contributed by atoms with Crippen molar-refractivity contribution in [2.75, 3.05) is 13.1 Å². The van der Waals surface area contributed by atoms with Gasteiger partial charge in [0.05, 0.1) is 14.4 Å². The molecule has 1 heterocycles. The highest BCUT2D eigenvalue weighted by molar-refractivity contribution is 5.28. The fourth-order valence-electron chi connectivity index (χ4n) is 3.36. The van der Waals surface area contributed by atoms with Crippen LogP contribution in [0.25, 0.3) is 0 Å². The van der Waals surface area contributed by atoms with Crippen LogP contribution in [0, 0.1) is 0 Å². The van der Waals surface area contributed by atoms with Crippen molar-refractivity contribution in [1.29, 1.82) is 0 Å². The summed E-state index contributed by atoms with van der Waals surface area (Å²) in [4.78, 5) is 2.14. The van der Waals surface area contributed by atoms with Gasteiger partial charge >= 0.3 is 0 Å². The molecule has 0 aromatic heterocycles. The van der Waals surface area contributed by atoms with Crippen LogP contribution in [0.5, 0.6) is 5.75 Å². The third-order valence-electron chi connectivity index (χ3n) is 5.07. The second kappa shape index (κ2) is 6.93. The van der Waals surface area contributed by atoms with Crippen LogP contribution < -0.4 is 0 Å². The monoisotopic (exact) mass is 331 g/mol. The topological polar surface area (TPSA) is 63.9 Å². The highest BCUT2D eigenvalue weighted by Gasteiger charge is 2.36. The van der Waals surface area contributed by atoms with Gasteiger partial charge in [0.15, 0.2) is 0 Å². The van der Waals surface area contributed by atoms with E-state index in [2.05, 4.69) is 4.90 Å². The number of hydrogen-bond donors (Lipinski definition) is 3. The second-order valence-corrected chi connectivity index (χ2v) is 6.57. The Morgan fingerprint density at radius 3 is 2.25 bits per heavy atom. The van der Waals surface area contributed by atoms with Crippen LogP contribution in [0.15, 0.2) is 54.5 Å². The lowest BCUT2D eigenvalue weighted by Gasteiger charge is -2.42. The molecule has 4 nitrogen and oxygen atoms in total. The molecule has 2 aromatic rings. The molecule has 1 saturated heterocycles. The number of benzene rings is 2. The van der Waals surface area contributed by atoms with Gasteiger partial charge in [-0.3, -0.25) is 4.90 Å². The minimum Gasteiger partial charge on any atom is -0.508 e. The molecule has 1 fully saturated rings. The largest absolute Gasteiger partial charge is 0.508 e. The van der Waals surface area contributed by atoms with Crippen LogP contribution >= 0.6 is 0 Å². The molecule has 3 N–H and O–H groups in total. The van der Waals surface area contributed by atoms with E-state index < -0.39 is 11.7 Å². The summed E-state index contributed by atoms with van der Waals surface area (Å²) in [6, 6.07) is 11.6. The van der Waals surface area contributed by atoms with Crippen molar-refractivity contribution in [2.24, 2.45) is 0 Å². The average molecular weight is 331 g/mol. The molecule has 0 amide bonds. The van der Waals surface area contributed by atoms with Crippen molar-refractivity contribution in [1.82, 2.24) is 4.90 Å². The molecule has 24 heavy (non-hydrogen) atoms. The van der Waals surface area contributed by atoms with E-state index in [0.717, 1.165) is 5.56 Å². The molecule has 0 radical (unpaired) electrons. The third-order valence-corrected chi connectivity index (χ3v) is 5.07. The smallest absolute Gasteiger partial charge is 0.115 e. The average Bonchev–Trinajstić information content (AvgIpc) is 2.61. The number of phenols is 1. The predicted octanol–water partition coefficient (Wildman–Crippen LogP) is 2.80. The summed E-state index contributed by atoms with van der Waals surface area (Å²) in [7, 11) is 0. The summed E-state index contributed by atoms with van der Waals surface area (Å²) in [6.07, 6.45) is 0.295. The third kappa shape index (κ3) is 3.46. The Hall–Kier alpha value is -1.88. The molecule has 2 aromatic carbocycles. The van der Waals surface area contributed by atoms with Crippen LogP contribution in [0.3, 0.4) is 0 Å². The summed E-state index contributed by atoms with van der Waals surface area (Å²) in [5.74, 6) is 0.169. The summed E-state index contributed by atoms with van der Waals surface area (Å²) in [5.41, 5.74) is 0.338. The number of piperidine rings is 1. The number of phenolic OH excluding ortho intramolecular Hbond substituents is 1. The number of aliphatic hydroxyl groups excluding tert-OH is 1. The lowest BCUT2D eigenvalue weighted by molar-refractivity contribution is -0.0501. The molecule has 1 aliphatic rings. The van der Waals surface area contributed by atoms with E-state index in [4.69, 9.17) is 2.74 Å². The van der Waals surface area contributed by atoms with Crippen LogP contribution in [0.2, 0.25) is 0 Å². The molecule has 0 saturated carbocycles. The fourth-order valence-corrected chi connectivity index (χ4v) is 3.36. The quantitative estimate of drug-likeness (QED) is 0.806. The molecule has 2 atom stereocenters. The number of hydrogen-bond acceptors (Lipinski definition) is 4. The fraction of sp³-hybridized carbons (Fsp3) is 0.400. The van der Waals surface area contributed by atoms with E-state index >= 15 is 0 Å². The van der Waals surface area contributed by atoms with Crippen LogP contribution in [-0.4, -0.2) is 39.4 Å². The van der Waals surface area contributed by atoms with Crippen molar-refractivity contribution in [3.63, 3.8) is 0 Å². The van der Waals surface area contributed by atoms with Gasteiger partial charge < -0.3 is 15.3 Å². The van der Waals surface area contributed by atoms with Gasteiger partial charge in [-0.1, -0.05) is 42.4 Å². The Labute approximate surface area is 145 Å². The Morgan fingerprint density at radius 1 is 1.08 bits per heavy atom. The predicted molar refractivity (Wildman–Crippen MR) is 93.7 cm³/mol. The molecule has 0 aliphatic carbocycles. The summed E-state index contributed by atoms with van der Waals surface area (Å²) in [6.45, 7) is 3.18. The molecule has 128 valence electrons. The van der Waals surface area contributed by atoms with Crippen molar-refractivity contribution in [3.05, 3.63) is 65.7 Å². The summed E-state index contributed by atoms with van der Waals surface area (Å²) >= 11 is 0. The highest BCUT2D eigenvalue weighted by atomic mass is 16.3. The zero-order chi connectivity index (χ0) is 18.9. The van der Waals surface area contributed by atoms with Crippen LogP contribution in [0.1, 0.15) is 39.7 Å². The van der Waals surface area contributed by atoms with Crippen molar-refractivity contribution in [3.8, 4) is 5.75 Å². The minimum absolute atomic E-state index is 0.127. The Kier molecular flexibility index (Phi) is 4.18. The highest BCUT2D eigenvalue weighted by Crippen LogP contribution is 2.34. The van der Waals surface area contributed by atoms with Gasteiger partial charge in [0.25, 0.3) is 0 Å². The Morgan fingerprint density at radius 2 is 1.67 bits per heavy atom. The molecule has 4 heteroatoms. The van der Waals surface area contributed by atoms with Crippen molar-refractivity contribution in [2.45, 2.75) is 37.5 Å². The molecule has 0 spiro atoms. The standard InChI is InChI=1S/C20H25NO3/c1-15(19(23)16-7-9-18(22)10-8-16)21-13-11-20(24,12-14-21)17-5-3-2-4-6-17/h2-10,15,19,22-24H,11-14H2,1H3/i3T,4T. The molecular formula is C20H25NO3. The van der Waals surface area contributed by atoms with E-state index in [1.54, 1.807) is 36.4 Å². The van der Waals surface area contributed by atoms with Crippen molar-refractivity contribution < 1.29 is 18.1 Å². The van der Waals surface area contributed by atoms with Gasteiger partial charge in [-0.2, -0.15) is 0 Å². The Bertz CT molecular complexity index is 738. The maximum atomic E-state index is 11.0. The lowest BCUT2D eigenvalue weighted by atomic mass is 9.83.